The number of methoxy groups -OCH3 is 1. The van der Waals surface area contributed by atoms with Crippen LogP contribution in [0.1, 0.15) is 5.56 Å². The predicted octanol–water partition coefficient (Wildman–Crippen LogP) is 2.37. The van der Waals surface area contributed by atoms with E-state index in [9.17, 15) is 9.59 Å². The summed E-state index contributed by atoms with van der Waals surface area (Å²) in [6.45, 7) is -0.224. The van der Waals surface area contributed by atoms with Crippen LogP contribution in [0.4, 0.5) is 10.5 Å². The quantitative estimate of drug-likeness (QED) is 0.508. The van der Waals surface area contributed by atoms with Gasteiger partial charge >= 0.3 is 6.03 Å². The molecule has 2 rings (SSSR count). The summed E-state index contributed by atoms with van der Waals surface area (Å²) in [6.07, 6.45) is 1.39. The van der Waals surface area contributed by atoms with Crippen molar-refractivity contribution < 1.29 is 19.1 Å². The molecule has 0 aromatic heterocycles. The van der Waals surface area contributed by atoms with Gasteiger partial charge in [0.25, 0.3) is 5.91 Å². The van der Waals surface area contributed by atoms with Crippen molar-refractivity contribution in [2.75, 3.05) is 19.0 Å². The van der Waals surface area contributed by atoms with E-state index >= 15 is 0 Å². The number of anilines is 1. The Labute approximate surface area is 154 Å². The molecular weight excluding hydrogens is 360 g/mol. The number of nitrogens with zero attached hydrogens (tertiary/aromatic N) is 1. The zero-order chi connectivity index (χ0) is 18.9. The van der Waals surface area contributed by atoms with Crippen LogP contribution in [0.2, 0.25) is 5.02 Å². The molecule has 8 nitrogen and oxygen atoms in total. The van der Waals surface area contributed by atoms with E-state index in [-0.39, 0.29) is 12.5 Å². The maximum atomic E-state index is 12.0. The molecule has 0 aliphatic carbocycles. The molecule has 0 aliphatic heterocycles. The van der Waals surface area contributed by atoms with Gasteiger partial charge in [-0.25, -0.2) is 10.2 Å². The molecule has 2 aromatic carbocycles. The summed E-state index contributed by atoms with van der Waals surface area (Å²) in [5, 5.41) is 6.75. The molecule has 0 saturated carbocycles. The lowest BCUT2D eigenvalue weighted by atomic mass is 10.2. The summed E-state index contributed by atoms with van der Waals surface area (Å²) in [5.41, 5.74) is 8.15. The molecule has 2 aromatic rings. The highest BCUT2D eigenvalue weighted by Gasteiger charge is 2.10. The predicted molar refractivity (Wildman–Crippen MR) is 98.9 cm³/mol. The van der Waals surface area contributed by atoms with Gasteiger partial charge in [0, 0.05) is 0 Å². The molecule has 0 fully saturated rings. The highest BCUT2D eigenvalue weighted by Crippen LogP contribution is 2.27. The van der Waals surface area contributed by atoms with Crippen LogP contribution in [0.15, 0.2) is 47.6 Å². The third kappa shape index (κ3) is 5.67. The first-order valence-corrected chi connectivity index (χ1v) is 7.81. The zero-order valence-electron chi connectivity index (χ0n) is 13.9. The summed E-state index contributed by atoms with van der Waals surface area (Å²) < 4.78 is 10.7. The van der Waals surface area contributed by atoms with Crippen molar-refractivity contribution >= 4 is 35.4 Å². The molecule has 0 spiro atoms. The number of carbonyl (C=O) groups excluding carboxylic acids is 2. The number of hydrogen-bond donors (Lipinski definition) is 3. The molecule has 0 saturated heterocycles. The second-order valence-electron chi connectivity index (χ2n) is 4.96. The Kier molecular flexibility index (Phi) is 6.81. The van der Waals surface area contributed by atoms with Crippen molar-refractivity contribution in [3.05, 3.63) is 53.1 Å². The van der Waals surface area contributed by atoms with Crippen molar-refractivity contribution in [1.82, 2.24) is 5.43 Å². The minimum atomic E-state index is -0.766. The Balaban J connectivity index is 1.98. The van der Waals surface area contributed by atoms with Gasteiger partial charge in [-0.2, -0.15) is 5.10 Å². The van der Waals surface area contributed by atoms with Crippen molar-refractivity contribution in [3.8, 4) is 11.5 Å². The normalized spacial score (nSPS) is 10.4. The average Bonchev–Trinajstić information content (AvgIpc) is 2.62. The van der Waals surface area contributed by atoms with Crippen LogP contribution >= 0.6 is 11.6 Å². The lowest BCUT2D eigenvalue weighted by Gasteiger charge is -2.12. The fourth-order valence-electron chi connectivity index (χ4n) is 1.95. The number of urea groups is 1. The van der Waals surface area contributed by atoms with E-state index in [1.54, 1.807) is 42.5 Å². The Morgan fingerprint density at radius 1 is 1.23 bits per heavy atom. The summed E-state index contributed by atoms with van der Waals surface area (Å²) in [6, 6.07) is 11.1. The van der Waals surface area contributed by atoms with E-state index in [0.29, 0.717) is 27.8 Å². The molecule has 0 aliphatic rings. The van der Waals surface area contributed by atoms with Gasteiger partial charge in [-0.1, -0.05) is 23.7 Å². The van der Waals surface area contributed by atoms with Gasteiger partial charge in [0.1, 0.15) is 0 Å². The number of nitrogens with one attached hydrogen (secondary N) is 2. The summed E-state index contributed by atoms with van der Waals surface area (Å²) in [4.78, 5) is 22.6. The van der Waals surface area contributed by atoms with Crippen LogP contribution in [0.5, 0.6) is 11.5 Å². The lowest BCUT2D eigenvalue weighted by molar-refractivity contribution is -0.118. The Bertz CT molecular complexity index is 826. The molecular formula is C17H17ClN4O4. The van der Waals surface area contributed by atoms with Crippen LogP contribution in [0, 0.1) is 0 Å². The van der Waals surface area contributed by atoms with Crippen LogP contribution in [0.3, 0.4) is 0 Å². The fraction of sp³-hybridized carbons (Fsp3) is 0.118. The number of ether oxygens (including phenoxy) is 2. The Morgan fingerprint density at radius 2 is 2.00 bits per heavy atom. The number of benzene rings is 2. The zero-order valence-corrected chi connectivity index (χ0v) is 14.6. The first-order valence-electron chi connectivity index (χ1n) is 7.43. The Hall–Kier alpha value is -3.26. The standard InChI is InChI=1S/C17H17ClN4O4/c1-25-15-8-11(9-20-22-17(19)24)6-7-14(15)26-10-16(23)21-13-5-3-2-4-12(13)18/h2-9H,10H2,1H3,(H,21,23)(H3,19,22,24). The molecule has 0 atom stereocenters. The second-order valence-corrected chi connectivity index (χ2v) is 5.37. The smallest absolute Gasteiger partial charge is 0.332 e. The van der Waals surface area contributed by atoms with Crippen LogP contribution < -0.4 is 25.9 Å². The van der Waals surface area contributed by atoms with E-state index in [4.69, 9.17) is 26.8 Å². The van der Waals surface area contributed by atoms with E-state index in [2.05, 4.69) is 15.8 Å². The number of primary amides is 1. The summed E-state index contributed by atoms with van der Waals surface area (Å²) in [7, 11) is 1.47. The van der Waals surface area contributed by atoms with Gasteiger partial charge in [-0.3, -0.25) is 4.79 Å². The summed E-state index contributed by atoms with van der Waals surface area (Å²) in [5.74, 6) is 0.414. The molecule has 0 heterocycles. The van der Waals surface area contributed by atoms with E-state index in [0.717, 1.165) is 0 Å². The molecule has 0 bridgehead atoms. The van der Waals surface area contributed by atoms with Crippen LogP contribution in [0.25, 0.3) is 0 Å². The lowest BCUT2D eigenvalue weighted by Crippen LogP contribution is -2.24. The minimum absolute atomic E-state index is 0.224. The molecule has 9 heteroatoms. The van der Waals surface area contributed by atoms with Gasteiger partial charge in [-0.05, 0) is 35.9 Å². The monoisotopic (exact) mass is 376 g/mol. The van der Waals surface area contributed by atoms with Crippen LogP contribution in [-0.2, 0) is 4.79 Å². The number of para-hydroxylation sites is 1. The molecule has 0 radical (unpaired) electrons. The van der Waals surface area contributed by atoms with Crippen molar-refractivity contribution in [2.45, 2.75) is 0 Å². The largest absolute Gasteiger partial charge is 0.493 e. The highest BCUT2D eigenvalue weighted by atomic mass is 35.5. The molecule has 0 unspecified atom stereocenters. The molecule has 26 heavy (non-hydrogen) atoms. The van der Waals surface area contributed by atoms with Gasteiger partial charge in [0.15, 0.2) is 18.1 Å². The van der Waals surface area contributed by atoms with Gasteiger partial charge < -0.3 is 20.5 Å². The number of amides is 3. The van der Waals surface area contributed by atoms with E-state index in [1.807, 2.05) is 0 Å². The maximum Gasteiger partial charge on any atom is 0.332 e. The number of carbonyl (C=O) groups is 2. The van der Waals surface area contributed by atoms with Crippen molar-refractivity contribution in [1.29, 1.82) is 0 Å². The number of hydrogen-bond acceptors (Lipinski definition) is 5. The topological polar surface area (TPSA) is 115 Å². The van der Waals surface area contributed by atoms with Gasteiger partial charge in [0.05, 0.1) is 24.0 Å². The number of hydrazone groups is 1. The second kappa shape index (κ2) is 9.28. The van der Waals surface area contributed by atoms with Crippen molar-refractivity contribution in [2.24, 2.45) is 10.8 Å². The molecule has 136 valence electrons. The third-order valence-corrected chi connectivity index (χ3v) is 3.41. The maximum absolute atomic E-state index is 12.0. The number of halogens is 1. The first-order chi connectivity index (χ1) is 12.5. The third-order valence-electron chi connectivity index (χ3n) is 3.08. The number of rotatable bonds is 7. The average molecular weight is 377 g/mol. The SMILES string of the molecule is COc1cc(C=NNC(N)=O)ccc1OCC(=O)Nc1ccccc1Cl. The highest BCUT2D eigenvalue weighted by molar-refractivity contribution is 6.33. The molecule has 3 amide bonds. The van der Waals surface area contributed by atoms with E-state index < -0.39 is 6.03 Å². The van der Waals surface area contributed by atoms with Gasteiger partial charge in [-0.15, -0.1) is 0 Å². The molecule has 4 N–H and O–H groups in total. The fourth-order valence-corrected chi connectivity index (χ4v) is 2.13. The number of nitrogens with two attached hydrogens (primary N) is 1. The van der Waals surface area contributed by atoms with Gasteiger partial charge in [0.2, 0.25) is 0 Å². The summed E-state index contributed by atoms with van der Waals surface area (Å²) >= 11 is 5.99. The first kappa shape index (κ1) is 19.1. The minimum Gasteiger partial charge on any atom is -0.493 e. The Morgan fingerprint density at radius 3 is 2.69 bits per heavy atom. The van der Waals surface area contributed by atoms with Crippen molar-refractivity contribution in [3.63, 3.8) is 0 Å². The van der Waals surface area contributed by atoms with E-state index in [1.165, 1.54) is 13.3 Å². The van der Waals surface area contributed by atoms with Crippen LogP contribution in [-0.4, -0.2) is 31.9 Å².